The van der Waals surface area contributed by atoms with Crippen LogP contribution in [-0.2, 0) is 0 Å². The lowest BCUT2D eigenvalue weighted by molar-refractivity contribution is 0.744. The molecule has 1 unspecified atom stereocenters. The standard InChI is InChI=1S/C15H20ClN3/c1-9(2)12-7-10(16)8-13-11(3-4-17-14(12)13)15-18-5-6-19-15/h7-9,11,17H,3-6H2,1-2H3,(H,18,19). The summed E-state index contributed by atoms with van der Waals surface area (Å²) >= 11 is 6.31. The monoisotopic (exact) mass is 277 g/mol. The Morgan fingerprint density at radius 3 is 2.79 bits per heavy atom. The molecule has 0 radical (unpaired) electrons. The van der Waals surface area contributed by atoms with Crippen LogP contribution in [0, 0.1) is 0 Å². The Morgan fingerprint density at radius 1 is 1.26 bits per heavy atom. The number of nitrogens with zero attached hydrogens (tertiary/aromatic N) is 1. The minimum Gasteiger partial charge on any atom is -0.385 e. The van der Waals surface area contributed by atoms with E-state index in [2.05, 4.69) is 41.6 Å². The summed E-state index contributed by atoms with van der Waals surface area (Å²) in [7, 11) is 0. The second-order valence-electron chi connectivity index (χ2n) is 5.58. The van der Waals surface area contributed by atoms with Gasteiger partial charge in [-0.25, -0.2) is 0 Å². The smallest absolute Gasteiger partial charge is 0.104 e. The van der Waals surface area contributed by atoms with Gasteiger partial charge in [-0.15, -0.1) is 0 Å². The molecule has 0 amide bonds. The average Bonchev–Trinajstić information content (AvgIpc) is 2.90. The van der Waals surface area contributed by atoms with Gasteiger partial charge in [0.1, 0.15) is 5.84 Å². The zero-order chi connectivity index (χ0) is 13.4. The maximum atomic E-state index is 6.31. The Bertz CT molecular complexity index is 522. The van der Waals surface area contributed by atoms with Crippen molar-refractivity contribution in [3.63, 3.8) is 0 Å². The molecule has 0 fully saturated rings. The van der Waals surface area contributed by atoms with Crippen LogP contribution in [0.2, 0.25) is 5.02 Å². The predicted molar refractivity (Wildman–Crippen MR) is 81.7 cm³/mol. The summed E-state index contributed by atoms with van der Waals surface area (Å²) in [5, 5.41) is 7.79. The van der Waals surface area contributed by atoms with Gasteiger partial charge in [0.15, 0.2) is 0 Å². The van der Waals surface area contributed by atoms with Crippen LogP contribution >= 0.6 is 11.6 Å². The topological polar surface area (TPSA) is 36.4 Å². The Balaban J connectivity index is 2.08. The molecule has 3 nitrogen and oxygen atoms in total. The molecule has 0 aromatic heterocycles. The first kappa shape index (κ1) is 12.8. The number of anilines is 1. The molecule has 2 aliphatic heterocycles. The fraction of sp³-hybridized carbons (Fsp3) is 0.533. The summed E-state index contributed by atoms with van der Waals surface area (Å²) in [6, 6.07) is 4.19. The van der Waals surface area contributed by atoms with Gasteiger partial charge >= 0.3 is 0 Å². The minimum atomic E-state index is 0.370. The van der Waals surface area contributed by atoms with Gasteiger partial charge in [0.2, 0.25) is 0 Å². The fourth-order valence-electron chi connectivity index (χ4n) is 3.01. The zero-order valence-corrected chi connectivity index (χ0v) is 12.2. The second kappa shape index (κ2) is 5.04. The van der Waals surface area contributed by atoms with Gasteiger partial charge in [-0.1, -0.05) is 25.4 Å². The molecule has 0 saturated heterocycles. The van der Waals surface area contributed by atoms with Crippen molar-refractivity contribution in [2.24, 2.45) is 4.99 Å². The van der Waals surface area contributed by atoms with Crippen molar-refractivity contribution < 1.29 is 0 Å². The molecule has 2 heterocycles. The molecule has 2 N–H and O–H groups in total. The van der Waals surface area contributed by atoms with E-state index in [4.69, 9.17) is 11.6 Å². The summed E-state index contributed by atoms with van der Waals surface area (Å²) in [5.74, 6) is 1.98. The molecule has 0 spiro atoms. The van der Waals surface area contributed by atoms with Gasteiger partial charge in [-0.3, -0.25) is 4.99 Å². The third-order valence-corrected chi connectivity index (χ3v) is 4.14. The number of aliphatic imine (C=N–C) groups is 1. The second-order valence-corrected chi connectivity index (χ2v) is 6.01. The van der Waals surface area contributed by atoms with Gasteiger partial charge in [0.05, 0.1) is 6.54 Å². The number of halogens is 1. The number of hydrogen-bond donors (Lipinski definition) is 2. The molecule has 0 saturated carbocycles. The molecular formula is C15H20ClN3. The molecule has 3 rings (SSSR count). The Morgan fingerprint density at radius 2 is 2.11 bits per heavy atom. The van der Waals surface area contributed by atoms with Crippen LogP contribution in [-0.4, -0.2) is 25.5 Å². The van der Waals surface area contributed by atoms with Crippen LogP contribution in [0.5, 0.6) is 0 Å². The lowest BCUT2D eigenvalue weighted by atomic mass is 9.86. The van der Waals surface area contributed by atoms with E-state index in [-0.39, 0.29) is 0 Å². The van der Waals surface area contributed by atoms with Crippen molar-refractivity contribution in [2.45, 2.75) is 32.1 Å². The maximum absolute atomic E-state index is 6.31. The average molecular weight is 278 g/mol. The molecule has 1 aromatic carbocycles. The highest BCUT2D eigenvalue weighted by atomic mass is 35.5. The van der Waals surface area contributed by atoms with E-state index >= 15 is 0 Å². The number of nitrogens with one attached hydrogen (secondary N) is 2. The largest absolute Gasteiger partial charge is 0.385 e. The summed E-state index contributed by atoms with van der Waals surface area (Å²) < 4.78 is 0. The number of fused-ring (bicyclic) bond motifs is 1. The molecule has 0 bridgehead atoms. The predicted octanol–water partition coefficient (Wildman–Crippen LogP) is 3.36. The Hall–Kier alpha value is -1.22. The highest BCUT2D eigenvalue weighted by Crippen LogP contribution is 2.39. The molecule has 0 aliphatic carbocycles. The van der Waals surface area contributed by atoms with Crippen LogP contribution in [0.25, 0.3) is 0 Å². The van der Waals surface area contributed by atoms with Crippen LogP contribution in [0.4, 0.5) is 5.69 Å². The number of rotatable bonds is 2. The zero-order valence-electron chi connectivity index (χ0n) is 11.5. The molecule has 1 atom stereocenters. The van der Waals surface area contributed by atoms with Crippen molar-refractivity contribution in [1.29, 1.82) is 0 Å². The summed E-state index contributed by atoms with van der Waals surface area (Å²) in [5.41, 5.74) is 3.88. The van der Waals surface area contributed by atoms with Crippen molar-refractivity contribution in [3.05, 3.63) is 28.3 Å². The van der Waals surface area contributed by atoms with Gasteiger partial charge in [-0.05, 0) is 35.6 Å². The van der Waals surface area contributed by atoms with E-state index in [1.165, 1.54) is 16.8 Å². The van der Waals surface area contributed by atoms with Gasteiger partial charge in [-0.2, -0.15) is 0 Å². The van der Waals surface area contributed by atoms with Gasteiger partial charge in [0, 0.05) is 29.7 Å². The van der Waals surface area contributed by atoms with Gasteiger partial charge in [0.25, 0.3) is 0 Å². The molecule has 102 valence electrons. The molecule has 19 heavy (non-hydrogen) atoms. The first-order valence-electron chi connectivity index (χ1n) is 7.02. The number of benzene rings is 1. The van der Waals surface area contributed by atoms with E-state index in [0.717, 1.165) is 36.9 Å². The van der Waals surface area contributed by atoms with E-state index in [9.17, 15) is 0 Å². The first-order chi connectivity index (χ1) is 9.16. The van der Waals surface area contributed by atoms with E-state index in [1.54, 1.807) is 0 Å². The van der Waals surface area contributed by atoms with Crippen LogP contribution in [0.1, 0.15) is 43.2 Å². The summed E-state index contributed by atoms with van der Waals surface area (Å²) in [6.45, 7) is 7.28. The van der Waals surface area contributed by atoms with Crippen LogP contribution in [0.3, 0.4) is 0 Å². The van der Waals surface area contributed by atoms with E-state index in [0.29, 0.717) is 11.8 Å². The maximum Gasteiger partial charge on any atom is 0.104 e. The Kier molecular flexibility index (Phi) is 3.40. The quantitative estimate of drug-likeness (QED) is 0.870. The number of amidine groups is 1. The van der Waals surface area contributed by atoms with Gasteiger partial charge < -0.3 is 10.6 Å². The Labute approximate surface area is 119 Å². The lowest BCUT2D eigenvalue weighted by Crippen LogP contribution is -2.30. The van der Waals surface area contributed by atoms with Crippen molar-refractivity contribution in [1.82, 2.24) is 5.32 Å². The molecule has 4 heteroatoms. The molecule has 1 aromatic rings. The summed E-state index contributed by atoms with van der Waals surface area (Å²) in [6.07, 6.45) is 1.08. The van der Waals surface area contributed by atoms with E-state index < -0.39 is 0 Å². The van der Waals surface area contributed by atoms with Crippen molar-refractivity contribution in [2.75, 3.05) is 25.0 Å². The lowest BCUT2D eigenvalue weighted by Gasteiger charge is -2.30. The highest BCUT2D eigenvalue weighted by molar-refractivity contribution is 6.31. The highest BCUT2D eigenvalue weighted by Gasteiger charge is 2.28. The fourth-order valence-corrected chi connectivity index (χ4v) is 3.25. The first-order valence-corrected chi connectivity index (χ1v) is 7.40. The van der Waals surface area contributed by atoms with Crippen LogP contribution < -0.4 is 10.6 Å². The van der Waals surface area contributed by atoms with Crippen molar-refractivity contribution in [3.8, 4) is 0 Å². The number of hydrogen-bond acceptors (Lipinski definition) is 3. The molecule has 2 aliphatic rings. The van der Waals surface area contributed by atoms with E-state index in [1.807, 2.05) is 0 Å². The SMILES string of the molecule is CC(C)c1cc(Cl)cc2c1NCCC2C1=NCCN1. The minimum absolute atomic E-state index is 0.370. The summed E-state index contributed by atoms with van der Waals surface area (Å²) in [4.78, 5) is 4.60. The van der Waals surface area contributed by atoms with Crippen LogP contribution in [0.15, 0.2) is 17.1 Å². The van der Waals surface area contributed by atoms with Crippen molar-refractivity contribution >= 4 is 23.1 Å². The third-order valence-electron chi connectivity index (χ3n) is 3.93. The third kappa shape index (κ3) is 2.32. The molecular weight excluding hydrogens is 258 g/mol. The normalized spacial score (nSPS) is 21.7.